The molecule has 2 aromatic rings. The van der Waals surface area contributed by atoms with Gasteiger partial charge in [-0.3, -0.25) is 9.10 Å². The molecule has 0 aromatic heterocycles. The van der Waals surface area contributed by atoms with Crippen molar-refractivity contribution in [2.45, 2.75) is 37.0 Å². The highest BCUT2D eigenvalue weighted by Gasteiger charge is 2.25. The van der Waals surface area contributed by atoms with Gasteiger partial charge in [0.1, 0.15) is 0 Å². The van der Waals surface area contributed by atoms with Gasteiger partial charge in [0.2, 0.25) is 0 Å². The number of hydrogen-bond acceptors (Lipinski definition) is 3. The van der Waals surface area contributed by atoms with Crippen molar-refractivity contribution in [1.29, 1.82) is 0 Å². The molecular weight excluding hydrogens is 360 g/mol. The fraction of sp³-hybridized carbons (Fsp3) is 0.381. The zero-order valence-corrected chi connectivity index (χ0v) is 16.4. The third-order valence-corrected chi connectivity index (χ3v) is 6.95. The topological polar surface area (TPSA) is 66.5 Å². The first-order valence-electron chi connectivity index (χ1n) is 9.41. The Morgan fingerprint density at radius 1 is 1.00 bits per heavy atom. The number of carbonyl (C=O) groups excluding carboxylic acids is 1. The van der Waals surface area contributed by atoms with E-state index in [0.717, 1.165) is 12.8 Å². The quantitative estimate of drug-likeness (QED) is 0.821. The van der Waals surface area contributed by atoms with Crippen molar-refractivity contribution in [3.8, 4) is 0 Å². The van der Waals surface area contributed by atoms with Gasteiger partial charge in [-0.05, 0) is 43.0 Å². The van der Waals surface area contributed by atoms with E-state index in [9.17, 15) is 13.2 Å². The Labute approximate surface area is 161 Å². The average Bonchev–Trinajstić information content (AvgIpc) is 2.73. The van der Waals surface area contributed by atoms with Crippen molar-refractivity contribution < 1.29 is 13.2 Å². The molecule has 0 atom stereocenters. The molecule has 0 bridgehead atoms. The van der Waals surface area contributed by atoms with Crippen molar-refractivity contribution in [3.63, 3.8) is 0 Å². The number of anilines is 1. The summed E-state index contributed by atoms with van der Waals surface area (Å²) in [5.74, 6) is 0.284. The molecule has 0 spiro atoms. The lowest BCUT2D eigenvalue weighted by atomic mass is 9.89. The van der Waals surface area contributed by atoms with E-state index in [2.05, 4.69) is 5.32 Å². The second-order valence-corrected chi connectivity index (χ2v) is 8.99. The number of sulfonamides is 1. The van der Waals surface area contributed by atoms with Gasteiger partial charge in [-0.15, -0.1) is 0 Å². The zero-order chi connectivity index (χ0) is 19.3. The Morgan fingerprint density at radius 3 is 2.33 bits per heavy atom. The maximum absolute atomic E-state index is 12.9. The number of nitrogens with zero attached hydrogens (tertiary/aromatic N) is 1. The largest absolute Gasteiger partial charge is 0.352 e. The average molecular weight is 387 g/mol. The molecule has 0 unspecified atom stereocenters. The molecule has 3 rings (SSSR count). The van der Waals surface area contributed by atoms with Gasteiger partial charge in [-0.1, -0.05) is 49.6 Å². The maximum Gasteiger partial charge on any atom is 0.264 e. The highest BCUT2D eigenvalue weighted by atomic mass is 32.2. The van der Waals surface area contributed by atoms with Crippen molar-refractivity contribution in [3.05, 3.63) is 60.2 Å². The Morgan fingerprint density at radius 2 is 1.63 bits per heavy atom. The van der Waals surface area contributed by atoms with E-state index in [1.807, 2.05) is 0 Å². The van der Waals surface area contributed by atoms with Crippen LogP contribution in [-0.4, -0.2) is 27.9 Å². The number of amides is 1. The lowest BCUT2D eigenvalue weighted by molar-refractivity contribution is 0.0944. The molecule has 1 amide bonds. The molecule has 0 aliphatic heterocycles. The first-order chi connectivity index (χ1) is 13.0. The minimum atomic E-state index is -3.73. The molecule has 0 radical (unpaired) electrons. The van der Waals surface area contributed by atoms with Crippen LogP contribution in [0, 0.1) is 5.92 Å². The van der Waals surface area contributed by atoms with Crippen molar-refractivity contribution in [2.24, 2.45) is 5.92 Å². The second-order valence-electron chi connectivity index (χ2n) is 7.02. The molecule has 1 fully saturated rings. The monoisotopic (exact) mass is 386 g/mol. The van der Waals surface area contributed by atoms with E-state index < -0.39 is 10.0 Å². The molecule has 1 N–H and O–H groups in total. The third kappa shape index (κ3) is 4.50. The number of carbonyl (C=O) groups is 1. The minimum Gasteiger partial charge on any atom is -0.352 e. The van der Waals surface area contributed by atoms with Gasteiger partial charge in [0, 0.05) is 13.6 Å². The van der Waals surface area contributed by atoms with Crippen LogP contribution in [0.25, 0.3) is 0 Å². The van der Waals surface area contributed by atoms with Gasteiger partial charge < -0.3 is 5.32 Å². The van der Waals surface area contributed by atoms with Crippen LogP contribution in [0.15, 0.2) is 59.5 Å². The Balaban J connectivity index is 1.79. The fourth-order valence-corrected chi connectivity index (χ4v) is 4.78. The van der Waals surface area contributed by atoms with Crippen molar-refractivity contribution in [1.82, 2.24) is 5.32 Å². The summed E-state index contributed by atoms with van der Waals surface area (Å²) in [6.45, 7) is 0.641. The van der Waals surface area contributed by atoms with Gasteiger partial charge in [-0.2, -0.15) is 0 Å². The summed E-state index contributed by atoms with van der Waals surface area (Å²) in [5, 5.41) is 2.99. The molecule has 27 heavy (non-hydrogen) atoms. The molecule has 0 saturated heterocycles. The smallest absolute Gasteiger partial charge is 0.264 e. The van der Waals surface area contributed by atoms with E-state index in [-0.39, 0.29) is 10.8 Å². The summed E-state index contributed by atoms with van der Waals surface area (Å²) in [7, 11) is -2.25. The SMILES string of the molecule is CN(c1ccccc1C(=O)NCC1CCCCC1)S(=O)(=O)c1ccccc1. The lowest BCUT2D eigenvalue weighted by Crippen LogP contribution is -2.33. The summed E-state index contributed by atoms with van der Waals surface area (Å²) in [5.41, 5.74) is 0.748. The summed E-state index contributed by atoms with van der Waals surface area (Å²) in [6.07, 6.45) is 5.99. The van der Waals surface area contributed by atoms with Crippen LogP contribution >= 0.6 is 0 Å². The van der Waals surface area contributed by atoms with Gasteiger partial charge in [-0.25, -0.2) is 8.42 Å². The summed E-state index contributed by atoms with van der Waals surface area (Å²) < 4.78 is 27.0. The van der Waals surface area contributed by atoms with Gasteiger partial charge in [0.25, 0.3) is 15.9 Å². The predicted molar refractivity (Wildman–Crippen MR) is 107 cm³/mol. The van der Waals surface area contributed by atoms with E-state index in [0.29, 0.717) is 23.7 Å². The van der Waals surface area contributed by atoms with Crippen LogP contribution in [0.3, 0.4) is 0 Å². The van der Waals surface area contributed by atoms with Crippen LogP contribution in [0.4, 0.5) is 5.69 Å². The highest BCUT2D eigenvalue weighted by molar-refractivity contribution is 7.92. The van der Waals surface area contributed by atoms with E-state index in [1.54, 1.807) is 54.6 Å². The van der Waals surface area contributed by atoms with Gasteiger partial charge >= 0.3 is 0 Å². The Hall–Kier alpha value is -2.34. The molecular formula is C21H26N2O3S. The molecule has 2 aromatic carbocycles. The number of rotatable bonds is 6. The van der Waals surface area contributed by atoms with Crippen LogP contribution in [0.2, 0.25) is 0 Å². The molecule has 1 saturated carbocycles. The lowest BCUT2D eigenvalue weighted by Gasteiger charge is -2.24. The highest BCUT2D eigenvalue weighted by Crippen LogP contribution is 2.26. The van der Waals surface area contributed by atoms with E-state index in [4.69, 9.17) is 0 Å². The van der Waals surface area contributed by atoms with Crippen LogP contribution in [0.5, 0.6) is 0 Å². The van der Waals surface area contributed by atoms with Crippen LogP contribution in [0.1, 0.15) is 42.5 Å². The van der Waals surface area contributed by atoms with Crippen molar-refractivity contribution >= 4 is 21.6 Å². The molecule has 144 valence electrons. The third-order valence-electron chi connectivity index (χ3n) is 5.17. The zero-order valence-electron chi connectivity index (χ0n) is 15.6. The summed E-state index contributed by atoms with van der Waals surface area (Å²) >= 11 is 0. The number of para-hydroxylation sites is 1. The normalized spacial score (nSPS) is 15.3. The van der Waals surface area contributed by atoms with Crippen molar-refractivity contribution in [2.75, 3.05) is 17.9 Å². The number of nitrogens with one attached hydrogen (secondary N) is 1. The first-order valence-corrected chi connectivity index (χ1v) is 10.9. The van der Waals surface area contributed by atoms with Gasteiger partial charge in [0.05, 0.1) is 16.1 Å². The predicted octanol–water partition coefficient (Wildman–Crippen LogP) is 3.82. The van der Waals surface area contributed by atoms with E-state index >= 15 is 0 Å². The molecule has 5 nitrogen and oxygen atoms in total. The number of hydrogen-bond donors (Lipinski definition) is 1. The van der Waals surface area contributed by atoms with Crippen LogP contribution in [-0.2, 0) is 10.0 Å². The summed E-state index contributed by atoms with van der Waals surface area (Å²) in [4.78, 5) is 12.9. The van der Waals surface area contributed by atoms with E-state index in [1.165, 1.54) is 30.6 Å². The Kier molecular flexibility index (Phi) is 6.16. The second kappa shape index (κ2) is 8.57. The van der Waals surface area contributed by atoms with Crippen LogP contribution < -0.4 is 9.62 Å². The standard InChI is InChI=1S/C21H26N2O3S/c1-23(27(25,26)18-12-6-3-7-13-18)20-15-9-8-14-19(20)21(24)22-16-17-10-4-2-5-11-17/h3,6-9,12-15,17H,2,4-5,10-11,16H2,1H3,(H,22,24). The fourth-order valence-electron chi connectivity index (χ4n) is 3.54. The minimum absolute atomic E-state index is 0.199. The Bertz CT molecular complexity index is 875. The molecule has 1 aliphatic rings. The summed E-state index contributed by atoms with van der Waals surface area (Å²) in [6, 6.07) is 15.1. The molecule has 0 heterocycles. The molecule has 1 aliphatic carbocycles. The van der Waals surface area contributed by atoms with Gasteiger partial charge in [0.15, 0.2) is 0 Å². The first kappa shape index (κ1) is 19.4. The number of benzene rings is 2. The maximum atomic E-state index is 12.9. The molecule has 6 heteroatoms.